The summed E-state index contributed by atoms with van der Waals surface area (Å²) in [4.78, 5) is 38.4. The predicted molar refractivity (Wildman–Crippen MR) is 206 cm³/mol. The first kappa shape index (κ1) is 41.6. The van der Waals surface area contributed by atoms with Gasteiger partial charge in [0.05, 0.1) is 12.0 Å². The van der Waals surface area contributed by atoms with Crippen LogP contribution < -0.4 is 70.3 Å². The molecule has 2 atom stereocenters. The van der Waals surface area contributed by atoms with Crippen LogP contribution in [0.4, 0.5) is 0 Å². The van der Waals surface area contributed by atoms with Gasteiger partial charge in [-0.1, -0.05) is 48.5 Å². The van der Waals surface area contributed by atoms with Gasteiger partial charge in [0.2, 0.25) is 5.91 Å². The molecule has 1 amide bonds. The Morgan fingerprint density at radius 2 is 1.11 bits per heavy atom. The molecular formula is C43H50KN5O8. The van der Waals surface area contributed by atoms with E-state index >= 15 is 0 Å². The van der Waals surface area contributed by atoms with Crippen molar-refractivity contribution in [3.8, 4) is 23.3 Å². The van der Waals surface area contributed by atoms with E-state index in [0.29, 0.717) is 49.6 Å². The Balaban J connectivity index is 0.000000191. The molecule has 5 aliphatic rings. The Bertz CT molecular complexity index is 1960. The molecule has 14 heteroatoms. The third-order valence-corrected chi connectivity index (χ3v) is 11.3. The Labute approximate surface area is 377 Å². The number of aliphatic carboxylic acids is 1. The Kier molecular flexibility index (Phi) is 14.2. The Morgan fingerprint density at radius 3 is 1.53 bits per heavy atom. The van der Waals surface area contributed by atoms with Crippen molar-refractivity contribution in [3.63, 3.8) is 0 Å². The number of hydrogen-bond acceptors (Lipinski definition) is 11. The number of aliphatic hydroxyl groups excluding tert-OH is 1. The van der Waals surface area contributed by atoms with Crippen molar-refractivity contribution in [1.82, 2.24) is 24.7 Å². The number of carboxylic acid groups (broad SMARTS) is 1. The van der Waals surface area contributed by atoms with Crippen molar-refractivity contribution in [3.05, 3.63) is 107 Å². The number of pyridine rings is 2. The number of carbonyl (C=O) groups is 2. The molecule has 3 fully saturated rings. The van der Waals surface area contributed by atoms with Crippen LogP contribution in [0, 0.1) is 11.8 Å². The van der Waals surface area contributed by atoms with Crippen LogP contribution in [0.2, 0.25) is 0 Å². The van der Waals surface area contributed by atoms with Gasteiger partial charge >= 0.3 is 57.4 Å². The molecule has 5 aliphatic heterocycles. The second-order valence-electron chi connectivity index (χ2n) is 15.3. The normalized spacial score (nSPS) is 21.3. The second-order valence-corrected chi connectivity index (χ2v) is 15.3. The quantitative estimate of drug-likeness (QED) is 0.252. The van der Waals surface area contributed by atoms with E-state index in [1.54, 1.807) is 17.3 Å². The number of likely N-dealkylation sites (tertiary alicyclic amines) is 3. The van der Waals surface area contributed by atoms with Crippen molar-refractivity contribution in [2.24, 2.45) is 11.8 Å². The van der Waals surface area contributed by atoms with Gasteiger partial charge in [-0.25, -0.2) is 9.97 Å². The van der Waals surface area contributed by atoms with Gasteiger partial charge in [0.15, 0.2) is 23.7 Å². The molecule has 9 rings (SSSR count). The van der Waals surface area contributed by atoms with Gasteiger partial charge in [-0.15, -0.1) is 0 Å². The van der Waals surface area contributed by atoms with E-state index in [-0.39, 0.29) is 88.9 Å². The zero-order valence-electron chi connectivity index (χ0n) is 33.4. The maximum Gasteiger partial charge on any atom is 1.00 e. The fourth-order valence-electron chi connectivity index (χ4n) is 7.91. The van der Waals surface area contributed by atoms with E-state index in [1.807, 2.05) is 24.3 Å². The monoisotopic (exact) mass is 803 g/mol. The number of aliphatic hydroxyl groups is 1. The molecular weight excluding hydrogens is 754 g/mol. The summed E-state index contributed by atoms with van der Waals surface area (Å²) in [6, 6.07) is 24.2. The number of β-amino-alcohol motifs (C(OH)–C–C–N with tert-alkyl or cyclic N) is 1. The summed E-state index contributed by atoms with van der Waals surface area (Å²) in [6.07, 6.45) is 6.01. The molecule has 0 aliphatic carbocycles. The number of piperidine rings is 2. The fraction of sp³-hybridized carbons (Fsp3) is 0.442. The molecule has 0 radical (unpaired) electrons. The van der Waals surface area contributed by atoms with Crippen molar-refractivity contribution in [1.29, 1.82) is 0 Å². The van der Waals surface area contributed by atoms with Crippen molar-refractivity contribution in [2.75, 3.05) is 52.5 Å². The van der Waals surface area contributed by atoms with Gasteiger partial charge in [0.25, 0.3) is 11.8 Å². The van der Waals surface area contributed by atoms with Gasteiger partial charge in [0, 0.05) is 44.5 Å². The summed E-state index contributed by atoms with van der Waals surface area (Å²) in [5, 5.41) is 18.5. The summed E-state index contributed by atoms with van der Waals surface area (Å²) in [7, 11) is 0. The smallest absolute Gasteiger partial charge is 1.00 e. The molecule has 0 unspecified atom stereocenters. The van der Waals surface area contributed by atoms with E-state index in [9.17, 15) is 14.7 Å². The molecule has 0 saturated carbocycles. The first-order valence-electron chi connectivity index (χ1n) is 19.7. The fourth-order valence-corrected chi connectivity index (χ4v) is 7.91. The van der Waals surface area contributed by atoms with Crippen LogP contribution >= 0.6 is 0 Å². The summed E-state index contributed by atoms with van der Waals surface area (Å²) >= 11 is 0. The molecule has 0 bridgehead atoms. The van der Waals surface area contributed by atoms with Crippen LogP contribution in [0.1, 0.15) is 61.6 Å². The SMILES string of the molecule is O=C(C1CCN(Cc2ccc([C@H]3COc4cccnc4O3)cc2)CC1)N1CC(O)C1.O=C(O)C1CCN(Cc2ccc([C@H]3COc4cccnc4O3)cc2)CC1.[H-].[K+]. The maximum absolute atomic E-state index is 12.4. The number of aromatic nitrogens is 2. The topological polar surface area (TPSA) is 147 Å². The van der Waals surface area contributed by atoms with Gasteiger partial charge in [-0.2, -0.15) is 0 Å². The minimum atomic E-state index is -0.667. The number of fused-ring (bicyclic) bond motifs is 2. The number of carboxylic acids is 1. The van der Waals surface area contributed by atoms with Crippen LogP contribution in [-0.2, 0) is 22.7 Å². The molecule has 2 aromatic carbocycles. The number of amides is 1. The largest absolute Gasteiger partial charge is 1.00 e. The minimum absolute atomic E-state index is 0. The average Bonchev–Trinajstić information content (AvgIpc) is 3.23. The van der Waals surface area contributed by atoms with E-state index in [4.69, 9.17) is 24.1 Å². The predicted octanol–water partition coefficient (Wildman–Crippen LogP) is 2.02. The molecule has 2 aromatic heterocycles. The average molecular weight is 804 g/mol. The Morgan fingerprint density at radius 1 is 0.667 bits per heavy atom. The third kappa shape index (κ3) is 10.5. The van der Waals surface area contributed by atoms with E-state index in [2.05, 4.69) is 68.3 Å². The first-order valence-corrected chi connectivity index (χ1v) is 19.7. The Hall–Kier alpha value is -3.60. The van der Waals surface area contributed by atoms with E-state index < -0.39 is 5.97 Å². The van der Waals surface area contributed by atoms with Crippen LogP contribution in [-0.4, -0.2) is 105 Å². The second kappa shape index (κ2) is 19.4. The molecule has 4 aromatic rings. The van der Waals surface area contributed by atoms with Crippen LogP contribution in [0.15, 0.2) is 85.2 Å². The van der Waals surface area contributed by atoms with Crippen LogP contribution in [0.25, 0.3) is 0 Å². The maximum atomic E-state index is 12.4. The molecule has 296 valence electrons. The molecule has 57 heavy (non-hydrogen) atoms. The molecule has 3 saturated heterocycles. The number of benzene rings is 2. The third-order valence-electron chi connectivity index (χ3n) is 11.3. The van der Waals surface area contributed by atoms with Crippen molar-refractivity contribution in [2.45, 2.75) is 57.1 Å². The zero-order valence-corrected chi connectivity index (χ0v) is 35.6. The number of ether oxygens (including phenoxy) is 4. The van der Waals surface area contributed by atoms with Crippen molar-refractivity contribution >= 4 is 11.9 Å². The standard InChI is InChI=1S/C23H27N3O4.C20H22N2O4.K.H/c27-19-13-26(14-19)23(28)18-7-10-25(11-8-18)12-16-3-5-17(6-4-16)21-15-29-20-2-1-9-24-22(20)30-21;23-20(24)16-7-10-22(11-8-16)12-14-3-5-15(6-4-14)18-13-25-17-2-1-9-21-19(17)26-18;;/h1-6,9,18-19,21,27H,7-8,10-15H2;1-6,9,16,18H,7-8,10-13H2,(H,23,24);;/q;;+1;-1/t21-;18-;;/m11../s1. The van der Waals surface area contributed by atoms with Crippen molar-refractivity contribution < 1.29 is 91.6 Å². The number of hydrogen-bond donors (Lipinski definition) is 2. The van der Waals surface area contributed by atoms with Gasteiger partial charge < -0.3 is 35.5 Å². The first-order chi connectivity index (χ1) is 27.3. The molecule has 0 spiro atoms. The van der Waals surface area contributed by atoms with Crippen LogP contribution in [0.3, 0.4) is 0 Å². The zero-order chi connectivity index (χ0) is 38.4. The van der Waals surface area contributed by atoms with Gasteiger partial charge in [-0.05, 0) is 98.4 Å². The number of rotatable bonds is 8. The molecule has 13 nitrogen and oxygen atoms in total. The van der Waals surface area contributed by atoms with E-state index in [0.717, 1.165) is 76.1 Å². The minimum Gasteiger partial charge on any atom is -1.00 e. The number of nitrogens with zero attached hydrogens (tertiary/aromatic N) is 5. The number of carbonyl (C=O) groups excluding carboxylic acids is 1. The summed E-state index contributed by atoms with van der Waals surface area (Å²) in [6.45, 7) is 7.21. The summed E-state index contributed by atoms with van der Waals surface area (Å²) in [5.74, 6) is 1.93. The van der Waals surface area contributed by atoms with Gasteiger partial charge in [-0.3, -0.25) is 19.4 Å². The van der Waals surface area contributed by atoms with Gasteiger partial charge in [0.1, 0.15) is 13.2 Å². The van der Waals surface area contributed by atoms with E-state index in [1.165, 1.54) is 11.1 Å². The summed E-state index contributed by atoms with van der Waals surface area (Å²) in [5.41, 5.74) is 4.62. The molecule has 2 N–H and O–H groups in total. The molecule has 7 heterocycles. The van der Waals surface area contributed by atoms with Crippen LogP contribution in [0.5, 0.6) is 23.3 Å². The summed E-state index contributed by atoms with van der Waals surface area (Å²) < 4.78 is 23.4.